The van der Waals surface area contributed by atoms with E-state index in [2.05, 4.69) is 15.9 Å². The molecule has 1 aromatic rings. The monoisotopic (exact) mass is 296 g/mol. The van der Waals surface area contributed by atoms with Crippen molar-refractivity contribution in [1.82, 2.24) is 4.90 Å². The Labute approximate surface area is 110 Å². The van der Waals surface area contributed by atoms with Gasteiger partial charge in [0.05, 0.1) is 0 Å². The van der Waals surface area contributed by atoms with Gasteiger partial charge in [0.1, 0.15) is 0 Å². The highest BCUT2D eigenvalue weighted by molar-refractivity contribution is 9.10. The normalized spacial score (nSPS) is 20.4. The fraction of sp³-hybridized carbons (Fsp3) is 0.462. The third-order valence-corrected chi connectivity index (χ3v) is 3.49. The van der Waals surface area contributed by atoms with Gasteiger partial charge in [-0.2, -0.15) is 0 Å². The largest absolute Gasteiger partial charge is 0.337 e. The van der Waals surface area contributed by atoms with Gasteiger partial charge in [-0.05, 0) is 43.5 Å². The Morgan fingerprint density at radius 3 is 2.88 bits per heavy atom. The first kappa shape index (κ1) is 12.6. The zero-order chi connectivity index (χ0) is 12.4. The van der Waals surface area contributed by atoms with Crippen LogP contribution in [0.2, 0.25) is 0 Å². The lowest BCUT2D eigenvalue weighted by Crippen LogP contribution is -2.45. The number of likely N-dealkylation sites (tertiary alicyclic amines) is 1. The second kappa shape index (κ2) is 5.19. The van der Waals surface area contributed by atoms with E-state index in [0.717, 1.165) is 35.0 Å². The maximum absolute atomic E-state index is 12.3. The van der Waals surface area contributed by atoms with E-state index < -0.39 is 0 Å². The number of hydrogen-bond donors (Lipinski definition) is 1. The average molecular weight is 297 g/mol. The molecule has 1 unspecified atom stereocenters. The number of nitrogens with two attached hydrogens (primary N) is 1. The minimum absolute atomic E-state index is 0.0875. The van der Waals surface area contributed by atoms with Crippen molar-refractivity contribution in [3.05, 3.63) is 33.8 Å². The molecule has 2 rings (SSSR count). The van der Waals surface area contributed by atoms with E-state index in [1.807, 2.05) is 30.0 Å². The smallest absolute Gasteiger partial charge is 0.253 e. The van der Waals surface area contributed by atoms with Gasteiger partial charge in [-0.25, -0.2) is 0 Å². The molecular formula is C13H17BrN2O. The van der Waals surface area contributed by atoms with Crippen LogP contribution in [-0.2, 0) is 0 Å². The Balaban J connectivity index is 2.18. The van der Waals surface area contributed by atoms with Gasteiger partial charge in [-0.3, -0.25) is 4.79 Å². The first-order valence-electron chi connectivity index (χ1n) is 5.88. The van der Waals surface area contributed by atoms with Crippen LogP contribution in [0.1, 0.15) is 28.8 Å². The van der Waals surface area contributed by atoms with Crippen molar-refractivity contribution in [2.24, 2.45) is 5.73 Å². The molecule has 0 aromatic heterocycles. The van der Waals surface area contributed by atoms with E-state index in [1.54, 1.807) is 0 Å². The first-order valence-corrected chi connectivity index (χ1v) is 6.67. The Morgan fingerprint density at radius 1 is 1.47 bits per heavy atom. The van der Waals surface area contributed by atoms with E-state index in [4.69, 9.17) is 5.73 Å². The van der Waals surface area contributed by atoms with Gasteiger partial charge in [0.15, 0.2) is 0 Å². The van der Waals surface area contributed by atoms with E-state index in [1.165, 1.54) is 0 Å². The molecule has 1 amide bonds. The van der Waals surface area contributed by atoms with Crippen molar-refractivity contribution >= 4 is 21.8 Å². The molecule has 2 N–H and O–H groups in total. The minimum atomic E-state index is 0.0875. The molecule has 0 spiro atoms. The number of amides is 1. The van der Waals surface area contributed by atoms with Crippen LogP contribution in [0.5, 0.6) is 0 Å². The predicted molar refractivity (Wildman–Crippen MR) is 72.0 cm³/mol. The quantitative estimate of drug-likeness (QED) is 0.864. The molecular weight excluding hydrogens is 280 g/mol. The van der Waals surface area contributed by atoms with Crippen LogP contribution in [0.15, 0.2) is 22.7 Å². The van der Waals surface area contributed by atoms with Gasteiger partial charge < -0.3 is 10.6 Å². The Hall–Kier alpha value is -0.870. The number of carbonyl (C=O) groups excluding carboxylic acids is 1. The molecule has 0 aliphatic carbocycles. The summed E-state index contributed by atoms with van der Waals surface area (Å²) in [6.07, 6.45) is 2.02. The third kappa shape index (κ3) is 3.07. The molecule has 4 heteroatoms. The second-order valence-corrected chi connectivity index (χ2v) is 5.59. The van der Waals surface area contributed by atoms with Crippen molar-refractivity contribution in [1.29, 1.82) is 0 Å². The number of hydrogen-bond acceptors (Lipinski definition) is 2. The third-order valence-electron chi connectivity index (χ3n) is 3.03. The van der Waals surface area contributed by atoms with Crippen molar-refractivity contribution in [2.75, 3.05) is 13.1 Å². The molecule has 1 heterocycles. The number of piperidine rings is 1. The number of nitrogens with zero attached hydrogens (tertiary/aromatic N) is 1. The molecule has 1 atom stereocenters. The van der Waals surface area contributed by atoms with Gasteiger partial charge in [-0.15, -0.1) is 0 Å². The van der Waals surface area contributed by atoms with Crippen LogP contribution in [0, 0.1) is 6.92 Å². The molecule has 1 aromatic carbocycles. The second-order valence-electron chi connectivity index (χ2n) is 4.67. The fourth-order valence-corrected chi connectivity index (χ4v) is 2.84. The highest BCUT2D eigenvalue weighted by atomic mass is 79.9. The summed E-state index contributed by atoms with van der Waals surface area (Å²) in [6.45, 7) is 3.48. The topological polar surface area (TPSA) is 46.3 Å². The molecule has 1 fully saturated rings. The highest BCUT2D eigenvalue weighted by Crippen LogP contribution is 2.18. The number of benzene rings is 1. The van der Waals surface area contributed by atoms with Crippen LogP contribution >= 0.6 is 15.9 Å². The van der Waals surface area contributed by atoms with Gasteiger partial charge in [0.25, 0.3) is 5.91 Å². The van der Waals surface area contributed by atoms with Crippen molar-refractivity contribution in [3.8, 4) is 0 Å². The lowest BCUT2D eigenvalue weighted by molar-refractivity contribution is 0.0708. The number of carbonyl (C=O) groups is 1. The van der Waals surface area contributed by atoms with Gasteiger partial charge in [0.2, 0.25) is 0 Å². The van der Waals surface area contributed by atoms with Crippen LogP contribution in [0.4, 0.5) is 0 Å². The summed E-state index contributed by atoms with van der Waals surface area (Å²) in [4.78, 5) is 14.2. The van der Waals surface area contributed by atoms with E-state index in [9.17, 15) is 4.79 Å². The number of rotatable bonds is 1. The summed E-state index contributed by atoms with van der Waals surface area (Å²) in [5.41, 5.74) is 7.73. The molecule has 3 nitrogen and oxygen atoms in total. The minimum Gasteiger partial charge on any atom is -0.337 e. The van der Waals surface area contributed by atoms with E-state index >= 15 is 0 Å². The zero-order valence-electron chi connectivity index (χ0n) is 9.95. The summed E-state index contributed by atoms with van der Waals surface area (Å²) >= 11 is 3.42. The molecule has 17 heavy (non-hydrogen) atoms. The van der Waals surface area contributed by atoms with Crippen molar-refractivity contribution in [3.63, 3.8) is 0 Å². The molecule has 1 aliphatic heterocycles. The maximum Gasteiger partial charge on any atom is 0.253 e. The van der Waals surface area contributed by atoms with Crippen LogP contribution in [0.3, 0.4) is 0 Å². The summed E-state index contributed by atoms with van der Waals surface area (Å²) < 4.78 is 0.946. The van der Waals surface area contributed by atoms with Crippen LogP contribution < -0.4 is 5.73 Å². The molecule has 0 saturated carbocycles. The molecule has 1 saturated heterocycles. The fourth-order valence-electron chi connectivity index (χ4n) is 2.24. The van der Waals surface area contributed by atoms with E-state index in [-0.39, 0.29) is 11.9 Å². The summed E-state index contributed by atoms with van der Waals surface area (Å²) in [6, 6.07) is 5.92. The summed E-state index contributed by atoms with van der Waals surface area (Å²) in [5, 5.41) is 0. The summed E-state index contributed by atoms with van der Waals surface area (Å²) in [5.74, 6) is 0.0875. The standard InChI is InChI=1S/C13H17BrN2O/c1-9-5-10(7-11(14)6-9)13(17)16-4-2-3-12(15)8-16/h5-7,12H,2-4,8,15H2,1H3. The molecule has 1 aliphatic rings. The molecule has 92 valence electrons. The Bertz CT molecular complexity index is 413. The highest BCUT2D eigenvalue weighted by Gasteiger charge is 2.22. The van der Waals surface area contributed by atoms with Gasteiger partial charge in [0, 0.05) is 29.2 Å². The van der Waals surface area contributed by atoms with Crippen molar-refractivity contribution in [2.45, 2.75) is 25.8 Å². The summed E-state index contributed by atoms with van der Waals surface area (Å²) in [7, 11) is 0. The van der Waals surface area contributed by atoms with Crippen molar-refractivity contribution < 1.29 is 4.79 Å². The Morgan fingerprint density at radius 2 is 2.24 bits per heavy atom. The lowest BCUT2D eigenvalue weighted by atomic mass is 10.0. The van der Waals surface area contributed by atoms with Gasteiger partial charge >= 0.3 is 0 Å². The number of aryl methyl sites for hydroxylation is 1. The maximum atomic E-state index is 12.3. The van der Waals surface area contributed by atoms with Gasteiger partial charge in [-0.1, -0.05) is 15.9 Å². The van der Waals surface area contributed by atoms with Crippen LogP contribution in [-0.4, -0.2) is 29.9 Å². The Kier molecular flexibility index (Phi) is 3.84. The van der Waals surface area contributed by atoms with E-state index in [0.29, 0.717) is 6.54 Å². The number of halogens is 1. The molecule has 0 bridgehead atoms. The average Bonchev–Trinajstić information content (AvgIpc) is 2.26. The predicted octanol–water partition coefficient (Wildman–Crippen LogP) is 2.32. The SMILES string of the molecule is Cc1cc(Br)cc(C(=O)N2CCCC(N)C2)c1. The zero-order valence-corrected chi connectivity index (χ0v) is 11.5. The first-order chi connectivity index (χ1) is 8.06. The van der Waals surface area contributed by atoms with Crippen LogP contribution in [0.25, 0.3) is 0 Å². The lowest BCUT2D eigenvalue weighted by Gasteiger charge is -2.30. The molecule has 0 radical (unpaired) electrons.